The van der Waals surface area contributed by atoms with Gasteiger partial charge in [0.25, 0.3) is 0 Å². The van der Waals surface area contributed by atoms with Crippen LogP contribution in [-0.2, 0) is 9.59 Å². The standard InChI is InChI=1S/C12H24N4O3/c1-5-7-14-9(17)8-16(4)11(18)12(3,6-2)10(13)15-19/h19H,5-8H2,1-4H3,(H2,13,15)(H,14,17). The molecule has 0 bridgehead atoms. The van der Waals surface area contributed by atoms with Crippen molar-refractivity contribution in [3.05, 3.63) is 0 Å². The molecule has 0 radical (unpaired) electrons. The Morgan fingerprint density at radius 3 is 2.42 bits per heavy atom. The van der Waals surface area contributed by atoms with Crippen LogP contribution in [0.4, 0.5) is 0 Å². The first-order valence-corrected chi connectivity index (χ1v) is 6.33. The molecule has 0 aliphatic heterocycles. The van der Waals surface area contributed by atoms with Gasteiger partial charge in [0.15, 0.2) is 5.84 Å². The van der Waals surface area contributed by atoms with E-state index in [-0.39, 0.29) is 24.2 Å². The van der Waals surface area contributed by atoms with Crippen LogP contribution in [0.15, 0.2) is 5.16 Å². The van der Waals surface area contributed by atoms with Crippen LogP contribution in [0.2, 0.25) is 0 Å². The van der Waals surface area contributed by atoms with E-state index in [4.69, 9.17) is 10.9 Å². The zero-order valence-electron chi connectivity index (χ0n) is 12.1. The monoisotopic (exact) mass is 272 g/mol. The lowest BCUT2D eigenvalue weighted by Gasteiger charge is -2.30. The van der Waals surface area contributed by atoms with Crippen molar-refractivity contribution >= 4 is 17.6 Å². The molecule has 7 heteroatoms. The summed E-state index contributed by atoms with van der Waals surface area (Å²) >= 11 is 0. The van der Waals surface area contributed by atoms with Crippen LogP contribution in [-0.4, -0.2) is 47.9 Å². The van der Waals surface area contributed by atoms with Gasteiger partial charge in [-0.3, -0.25) is 9.59 Å². The van der Waals surface area contributed by atoms with Crippen molar-refractivity contribution in [3.8, 4) is 0 Å². The molecule has 2 amide bonds. The number of carbonyl (C=O) groups is 2. The molecule has 0 aliphatic carbocycles. The molecule has 0 heterocycles. The Hall–Kier alpha value is -1.79. The Bertz CT molecular complexity index is 357. The second-order valence-corrected chi connectivity index (χ2v) is 4.68. The number of amidine groups is 1. The number of nitrogens with one attached hydrogen (secondary N) is 1. The summed E-state index contributed by atoms with van der Waals surface area (Å²) in [5, 5.41) is 14.3. The zero-order chi connectivity index (χ0) is 15.1. The molecule has 0 fully saturated rings. The molecule has 0 aromatic carbocycles. The minimum atomic E-state index is -1.10. The lowest BCUT2D eigenvalue weighted by Crippen LogP contribution is -2.50. The first-order valence-electron chi connectivity index (χ1n) is 6.33. The first-order chi connectivity index (χ1) is 8.83. The average molecular weight is 272 g/mol. The molecule has 0 aromatic rings. The van der Waals surface area contributed by atoms with Crippen LogP contribution in [0.25, 0.3) is 0 Å². The van der Waals surface area contributed by atoms with E-state index < -0.39 is 5.41 Å². The molecule has 0 saturated carbocycles. The van der Waals surface area contributed by atoms with Crippen LogP contribution in [0, 0.1) is 5.41 Å². The Balaban J connectivity index is 4.75. The van der Waals surface area contributed by atoms with E-state index in [9.17, 15) is 9.59 Å². The highest BCUT2D eigenvalue weighted by atomic mass is 16.4. The predicted molar refractivity (Wildman–Crippen MR) is 72.7 cm³/mol. The van der Waals surface area contributed by atoms with Gasteiger partial charge in [-0.1, -0.05) is 19.0 Å². The summed E-state index contributed by atoms with van der Waals surface area (Å²) < 4.78 is 0. The van der Waals surface area contributed by atoms with Crippen molar-refractivity contribution in [1.29, 1.82) is 0 Å². The molecular formula is C12H24N4O3. The minimum Gasteiger partial charge on any atom is -0.409 e. The highest BCUT2D eigenvalue weighted by Gasteiger charge is 2.38. The normalized spacial score (nSPS) is 14.6. The second kappa shape index (κ2) is 7.60. The smallest absolute Gasteiger partial charge is 0.239 e. The number of amides is 2. The quantitative estimate of drug-likeness (QED) is 0.265. The van der Waals surface area contributed by atoms with Crippen molar-refractivity contribution in [2.45, 2.75) is 33.6 Å². The number of rotatable bonds is 7. The Morgan fingerprint density at radius 2 is 2.00 bits per heavy atom. The predicted octanol–water partition coefficient (Wildman–Crippen LogP) is 0.134. The third-order valence-electron chi connectivity index (χ3n) is 3.15. The maximum atomic E-state index is 12.3. The summed E-state index contributed by atoms with van der Waals surface area (Å²) in [6.07, 6.45) is 1.21. The van der Waals surface area contributed by atoms with Gasteiger partial charge in [0.2, 0.25) is 11.8 Å². The van der Waals surface area contributed by atoms with Crippen LogP contribution >= 0.6 is 0 Å². The fraction of sp³-hybridized carbons (Fsp3) is 0.750. The van der Waals surface area contributed by atoms with Crippen molar-refractivity contribution in [2.24, 2.45) is 16.3 Å². The van der Waals surface area contributed by atoms with E-state index in [1.807, 2.05) is 6.92 Å². The molecule has 110 valence electrons. The minimum absolute atomic E-state index is 0.0485. The van der Waals surface area contributed by atoms with Gasteiger partial charge < -0.3 is 21.2 Å². The number of likely N-dealkylation sites (N-methyl/N-ethyl adjacent to an activating group) is 1. The number of oxime groups is 1. The summed E-state index contributed by atoms with van der Waals surface area (Å²) in [4.78, 5) is 25.1. The molecule has 0 aliphatic rings. The number of nitrogens with two attached hydrogens (primary N) is 1. The summed E-state index contributed by atoms with van der Waals surface area (Å²) in [6.45, 7) is 5.83. The van der Waals surface area contributed by atoms with E-state index in [0.717, 1.165) is 6.42 Å². The molecule has 1 unspecified atom stereocenters. The maximum absolute atomic E-state index is 12.3. The highest BCUT2D eigenvalue weighted by Crippen LogP contribution is 2.23. The van der Waals surface area contributed by atoms with Gasteiger partial charge in [0.05, 0.1) is 6.54 Å². The van der Waals surface area contributed by atoms with Crippen LogP contribution in [0.5, 0.6) is 0 Å². The molecular weight excluding hydrogens is 248 g/mol. The summed E-state index contributed by atoms with van der Waals surface area (Å²) in [5.41, 5.74) is 4.46. The number of nitrogens with zero attached hydrogens (tertiary/aromatic N) is 2. The third-order valence-corrected chi connectivity index (χ3v) is 3.15. The fourth-order valence-electron chi connectivity index (χ4n) is 1.58. The van der Waals surface area contributed by atoms with Crippen molar-refractivity contribution in [1.82, 2.24) is 10.2 Å². The van der Waals surface area contributed by atoms with Gasteiger partial charge in [0, 0.05) is 13.6 Å². The SMILES string of the molecule is CCCNC(=O)CN(C)C(=O)C(C)(CC)C(N)=NO. The number of carbonyl (C=O) groups excluding carboxylic acids is 2. The van der Waals surface area contributed by atoms with Gasteiger partial charge in [-0.2, -0.15) is 0 Å². The van der Waals surface area contributed by atoms with Crippen molar-refractivity contribution < 1.29 is 14.8 Å². The van der Waals surface area contributed by atoms with Crippen LogP contribution < -0.4 is 11.1 Å². The third kappa shape index (κ3) is 4.42. The van der Waals surface area contributed by atoms with Gasteiger partial charge in [-0.05, 0) is 19.8 Å². The van der Waals surface area contributed by atoms with E-state index in [0.29, 0.717) is 13.0 Å². The molecule has 0 aromatic heterocycles. The largest absolute Gasteiger partial charge is 0.409 e. The summed E-state index contributed by atoms with van der Waals surface area (Å²) in [5.74, 6) is -0.728. The van der Waals surface area contributed by atoms with Gasteiger partial charge in [0.1, 0.15) is 5.41 Å². The van der Waals surface area contributed by atoms with Crippen LogP contribution in [0.3, 0.4) is 0 Å². The Kier molecular flexibility index (Phi) is 6.89. The molecule has 7 nitrogen and oxygen atoms in total. The first kappa shape index (κ1) is 17.2. The van der Waals surface area contributed by atoms with Gasteiger partial charge >= 0.3 is 0 Å². The lowest BCUT2D eigenvalue weighted by molar-refractivity contribution is -0.140. The summed E-state index contributed by atoms with van der Waals surface area (Å²) in [7, 11) is 1.52. The van der Waals surface area contributed by atoms with Gasteiger partial charge in [-0.25, -0.2) is 0 Å². The van der Waals surface area contributed by atoms with E-state index in [1.165, 1.54) is 11.9 Å². The lowest BCUT2D eigenvalue weighted by atomic mass is 9.84. The van der Waals surface area contributed by atoms with E-state index in [2.05, 4.69) is 10.5 Å². The van der Waals surface area contributed by atoms with Crippen molar-refractivity contribution in [3.63, 3.8) is 0 Å². The Morgan fingerprint density at radius 1 is 1.42 bits per heavy atom. The maximum Gasteiger partial charge on any atom is 0.239 e. The average Bonchev–Trinajstić information content (AvgIpc) is 2.42. The molecule has 0 spiro atoms. The number of hydrogen-bond acceptors (Lipinski definition) is 4. The van der Waals surface area contributed by atoms with Crippen LogP contribution in [0.1, 0.15) is 33.6 Å². The highest BCUT2D eigenvalue weighted by molar-refractivity contribution is 6.06. The molecule has 0 rings (SSSR count). The zero-order valence-corrected chi connectivity index (χ0v) is 12.1. The molecule has 4 N–H and O–H groups in total. The second-order valence-electron chi connectivity index (χ2n) is 4.68. The fourth-order valence-corrected chi connectivity index (χ4v) is 1.58. The number of hydrogen-bond donors (Lipinski definition) is 3. The molecule has 19 heavy (non-hydrogen) atoms. The Labute approximate surface area is 113 Å². The summed E-state index contributed by atoms with van der Waals surface area (Å²) in [6, 6.07) is 0. The van der Waals surface area contributed by atoms with Crippen molar-refractivity contribution in [2.75, 3.05) is 20.1 Å². The molecule has 1 atom stereocenters. The molecule has 0 saturated heterocycles. The van der Waals surface area contributed by atoms with E-state index >= 15 is 0 Å². The van der Waals surface area contributed by atoms with Gasteiger partial charge in [-0.15, -0.1) is 0 Å². The van der Waals surface area contributed by atoms with E-state index in [1.54, 1.807) is 13.8 Å². The topological polar surface area (TPSA) is 108 Å².